The summed E-state index contributed by atoms with van der Waals surface area (Å²) in [5.74, 6) is -0.353. The predicted molar refractivity (Wildman–Crippen MR) is 72.4 cm³/mol. The average molecular weight is 260 g/mol. The van der Waals surface area contributed by atoms with Crippen LogP contribution in [0.5, 0.6) is 0 Å². The van der Waals surface area contributed by atoms with Crippen LogP contribution in [0.4, 0.5) is 0 Å². The molecule has 0 fully saturated rings. The first-order valence-electron chi connectivity index (χ1n) is 6.47. The van der Waals surface area contributed by atoms with Gasteiger partial charge in [-0.15, -0.1) is 0 Å². The van der Waals surface area contributed by atoms with Gasteiger partial charge < -0.3 is 20.1 Å². The van der Waals surface area contributed by atoms with Crippen molar-refractivity contribution < 1.29 is 14.3 Å². The summed E-state index contributed by atoms with van der Waals surface area (Å²) < 4.78 is 10.1. The zero-order valence-corrected chi connectivity index (χ0v) is 12.4. The van der Waals surface area contributed by atoms with Crippen LogP contribution in [0.15, 0.2) is 0 Å². The van der Waals surface area contributed by atoms with Crippen molar-refractivity contribution in [2.24, 2.45) is 5.73 Å². The maximum atomic E-state index is 11.4. The minimum atomic E-state index is -0.885. The molecule has 0 amide bonds. The van der Waals surface area contributed by atoms with Gasteiger partial charge in [0.15, 0.2) is 0 Å². The Morgan fingerprint density at radius 2 is 2.00 bits per heavy atom. The number of likely N-dealkylation sites (N-methyl/N-ethyl adjacent to an activating group) is 1. The van der Waals surface area contributed by atoms with E-state index in [9.17, 15) is 4.79 Å². The van der Waals surface area contributed by atoms with E-state index in [0.717, 1.165) is 26.1 Å². The number of carbonyl (C=O) groups is 1. The molecule has 0 aliphatic heterocycles. The molecule has 0 aromatic heterocycles. The predicted octanol–water partition coefficient (Wildman–Crippen LogP) is 1.01. The summed E-state index contributed by atoms with van der Waals surface area (Å²) in [7, 11) is 3.40. The van der Waals surface area contributed by atoms with Crippen LogP contribution >= 0.6 is 0 Å². The second-order valence-electron chi connectivity index (χ2n) is 5.24. The highest BCUT2D eigenvalue weighted by Gasteiger charge is 2.28. The van der Waals surface area contributed by atoms with Crippen molar-refractivity contribution in [3.05, 3.63) is 0 Å². The number of ether oxygens (including phenoxy) is 2. The minimum absolute atomic E-state index is 0.269. The molecule has 108 valence electrons. The Kier molecular flexibility index (Phi) is 8.15. The van der Waals surface area contributed by atoms with E-state index in [1.165, 1.54) is 7.11 Å². The van der Waals surface area contributed by atoms with Gasteiger partial charge in [0.05, 0.1) is 19.8 Å². The van der Waals surface area contributed by atoms with Gasteiger partial charge in [-0.25, -0.2) is 0 Å². The quantitative estimate of drug-likeness (QED) is 0.627. The number of esters is 1. The van der Waals surface area contributed by atoms with Crippen LogP contribution in [0.25, 0.3) is 0 Å². The molecule has 0 heterocycles. The fourth-order valence-corrected chi connectivity index (χ4v) is 1.61. The van der Waals surface area contributed by atoms with E-state index < -0.39 is 5.54 Å². The fraction of sp³-hybridized carbons (Fsp3) is 0.923. The molecule has 0 saturated heterocycles. The number of nitrogens with two attached hydrogens (primary N) is 1. The molecule has 0 bridgehead atoms. The lowest BCUT2D eigenvalue weighted by Crippen LogP contribution is -2.46. The molecular weight excluding hydrogens is 232 g/mol. The monoisotopic (exact) mass is 260 g/mol. The molecule has 0 spiro atoms. The maximum absolute atomic E-state index is 11.4. The summed E-state index contributed by atoms with van der Waals surface area (Å²) in [4.78, 5) is 13.6. The third kappa shape index (κ3) is 7.63. The molecule has 5 nitrogen and oxygen atoms in total. The van der Waals surface area contributed by atoms with Crippen molar-refractivity contribution in [1.29, 1.82) is 0 Å². The van der Waals surface area contributed by atoms with Crippen LogP contribution in [0.1, 0.15) is 33.6 Å². The molecule has 0 aliphatic rings. The van der Waals surface area contributed by atoms with Gasteiger partial charge in [-0.3, -0.25) is 4.79 Å². The van der Waals surface area contributed by atoms with Crippen molar-refractivity contribution in [3.63, 3.8) is 0 Å². The largest absolute Gasteiger partial charge is 0.468 e. The van der Waals surface area contributed by atoms with Crippen molar-refractivity contribution in [1.82, 2.24) is 4.90 Å². The molecule has 0 radical (unpaired) electrons. The van der Waals surface area contributed by atoms with Crippen LogP contribution in [-0.2, 0) is 14.3 Å². The highest BCUT2D eigenvalue weighted by Crippen LogP contribution is 2.11. The lowest BCUT2D eigenvalue weighted by atomic mass is 9.97. The molecule has 1 atom stereocenters. The molecule has 2 N–H and O–H groups in total. The molecule has 0 aromatic carbocycles. The number of nitrogens with zero attached hydrogens (tertiary/aromatic N) is 1. The normalized spacial score (nSPS) is 14.9. The summed E-state index contributed by atoms with van der Waals surface area (Å²) in [6.45, 7) is 8.27. The molecule has 0 aliphatic carbocycles. The Labute approximate surface area is 111 Å². The Morgan fingerprint density at radius 1 is 1.39 bits per heavy atom. The third-order valence-electron chi connectivity index (χ3n) is 2.81. The first-order chi connectivity index (χ1) is 8.29. The first-order valence-corrected chi connectivity index (χ1v) is 6.47. The minimum Gasteiger partial charge on any atom is -0.468 e. The van der Waals surface area contributed by atoms with Gasteiger partial charge in [0.25, 0.3) is 0 Å². The molecule has 0 saturated carbocycles. The topological polar surface area (TPSA) is 64.8 Å². The van der Waals surface area contributed by atoms with Crippen LogP contribution in [0.3, 0.4) is 0 Å². The van der Waals surface area contributed by atoms with E-state index in [-0.39, 0.29) is 12.1 Å². The summed E-state index contributed by atoms with van der Waals surface area (Å²) >= 11 is 0. The summed E-state index contributed by atoms with van der Waals surface area (Å²) in [6, 6.07) is 0. The first kappa shape index (κ1) is 17.4. The number of methoxy groups -OCH3 is 1. The van der Waals surface area contributed by atoms with Crippen molar-refractivity contribution in [2.75, 3.05) is 33.9 Å². The van der Waals surface area contributed by atoms with E-state index in [1.54, 1.807) is 6.92 Å². The van der Waals surface area contributed by atoms with Gasteiger partial charge in [-0.2, -0.15) is 0 Å². The number of hydrogen-bond acceptors (Lipinski definition) is 5. The number of carbonyl (C=O) groups excluding carboxylic acids is 1. The summed E-state index contributed by atoms with van der Waals surface area (Å²) in [5.41, 5.74) is 4.99. The number of rotatable bonds is 9. The summed E-state index contributed by atoms with van der Waals surface area (Å²) in [5, 5.41) is 0. The van der Waals surface area contributed by atoms with Crippen molar-refractivity contribution in [2.45, 2.75) is 45.3 Å². The fourth-order valence-electron chi connectivity index (χ4n) is 1.61. The summed E-state index contributed by atoms with van der Waals surface area (Å²) in [6.07, 6.45) is 1.75. The Bertz CT molecular complexity index is 242. The molecule has 5 heteroatoms. The van der Waals surface area contributed by atoms with E-state index in [4.69, 9.17) is 10.5 Å². The molecule has 0 aromatic rings. The van der Waals surface area contributed by atoms with Crippen LogP contribution < -0.4 is 5.73 Å². The van der Waals surface area contributed by atoms with Crippen molar-refractivity contribution >= 4 is 5.97 Å². The van der Waals surface area contributed by atoms with Crippen LogP contribution in [0, 0.1) is 0 Å². The third-order valence-corrected chi connectivity index (χ3v) is 2.81. The Hall–Kier alpha value is -0.650. The standard InChI is InChI=1S/C13H28N2O3/c1-11(2)18-10-9-15(4)8-6-7-13(3,14)12(16)17-5/h11H,6-10,14H2,1-5H3. The van der Waals surface area contributed by atoms with Gasteiger partial charge in [0.1, 0.15) is 5.54 Å². The zero-order chi connectivity index (χ0) is 14.2. The number of hydrogen-bond donors (Lipinski definition) is 1. The SMILES string of the molecule is COC(=O)C(C)(N)CCCN(C)CCOC(C)C. The lowest BCUT2D eigenvalue weighted by Gasteiger charge is -2.23. The maximum Gasteiger partial charge on any atom is 0.325 e. The lowest BCUT2D eigenvalue weighted by molar-refractivity contribution is -0.146. The van der Waals surface area contributed by atoms with Gasteiger partial charge in [0, 0.05) is 6.54 Å². The molecule has 18 heavy (non-hydrogen) atoms. The highest BCUT2D eigenvalue weighted by molar-refractivity contribution is 5.79. The van der Waals surface area contributed by atoms with E-state index >= 15 is 0 Å². The van der Waals surface area contributed by atoms with Gasteiger partial charge in [0.2, 0.25) is 0 Å². The zero-order valence-electron chi connectivity index (χ0n) is 12.4. The smallest absolute Gasteiger partial charge is 0.325 e. The van der Waals surface area contributed by atoms with E-state index in [2.05, 4.69) is 9.64 Å². The van der Waals surface area contributed by atoms with Crippen LogP contribution in [0.2, 0.25) is 0 Å². The second kappa shape index (κ2) is 8.45. The second-order valence-corrected chi connectivity index (χ2v) is 5.24. The highest BCUT2D eigenvalue weighted by atomic mass is 16.5. The van der Waals surface area contributed by atoms with E-state index in [1.807, 2.05) is 20.9 Å². The molecule has 1 unspecified atom stereocenters. The van der Waals surface area contributed by atoms with Gasteiger partial charge in [-0.1, -0.05) is 0 Å². The van der Waals surface area contributed by atoms with E-state index in [0.29, 0.717) is 6.42 Å². The molecular formula is C13H28N2O3. The van der Waals surface area contributed by atoms with Crippen molar-refractivity contribution in [3.8, 4) is 0 Å². The van der Waals surface area contributed by atoms with Gasteiger partial charge in [-0.05, 0) is 47.2 Å². The van der Waals surface area contributed by atoms with Crippen LogP contribution in [-0.4, -0.2) is 56.4 Å². The average Bonchev–Trinajstić information content (AvgIpc) is 2.27. The van der Waals surface area contributed by atoms with Gasteiger partial charge >= 0.3 is 5.97 Å². The Morgan fingerprint density at radius 3 is 2.50 bits per heavy atom. The molecule has 0 rings (SSSR count). The Balaban J connectivity index is 3.73.